The van der Waals surface area contributed by atoms with Crippen LogP contribution in [0.1, 0.15) is 11.1 Å². The molecule has 0 aliphatic carbocycles. The monoisotopic (exact) mass is 300 g/mol. The molecule has 2 N–H and O–H groups in total. The Morgan fingerprint density at radius 1 is 1.29 bits per heavy atom. The number of nitrogens with zero attached hydrogens (tertiary/aromatic N) is 1. The molecular weight excluding hydrogens is 288 g/mol. The minimum Gasteiger partial charge on any atom is -0.480 e. The number of carboxylic acid groups (broad SMARTS) is 1. The molecule has 0 aliphatic rings. The highest BCUT2D eigenvalue weighted by atomic mass is 35.5. The predicted octanol–water partition coefficient (Wildman–Crippen LogP) is 3.32. The van der Waals surface area contributed by atoms with Gasteiger partial charge in [0, 0.05) is 12.1 Å². The van der Waals surface area contributed by atoms with E-state index < -0.39 is 12.0 Å². The van der Waals surface area contributed by atoms with Crippen molar-refractivity contribution in [2.24, 2.45) is 0 Å². The fourth-order valence-electron chi connectivity index (χ4n) is 1.95. The number of hydrogen-bond donors (Lipinski definition) is 2. The van der Waals surface area contributed by atoms with E-state index in [0.29, 0.717) is 22.7 Å². The first-order valence-corrected chi connectivity index (χ1v) is 6.71. The maximum Gasteiger partial charge on any atom is 0.326 e. The average Bonchev–Trinajstić information content (AvgIpc) is 2.48. The van der Waals surface area contributed by atoms with Crippen LogP contribution in [-0.2, 0) is 11.2 Å². The lowest BCUT2D eigenvalue weighted by Gasteiger charge is -2.16. The first kappa shape index (κ1) is 14.9. The summed E-state index contributed by atoms with van der Waals surface area (Å²) in [5, 5.41) is 21.4. The Hall–Kier alpha value is -2.51. The molecule has 0 amide bonds. The van der Waals surface area contributed by atoms with Crippen LogP contribution in [0.4, 0.5) is 5.69 Å². The molecule has 106 valence electrons. The van der Waals surface area contributed by atoms with Crippen LogP contribution in [0.3, 0.4) is 0 Å². The van der Waals surface area contributed by atoms with Crippen LogP contribution in [0, 0.1) is 11.3 Å². The number of hydrogen-bond acceptors (Lipinski definition) is 3. The van der Waals surface area contributed by atoms with Crippen molar-refractivity contribution in [1.82, 2.24) is 0 Å². The van der Waals surface area contributed by atoms with Crippen LogP contribution in [0.2, 0.25) is 5.02 Å². The van der Waals surface area contributed by atoms with E-state index in [0.717, 1.165) is 5.56 Å². The first-order valence-electron chi connectivity index (χ1n) is 6.33. The molecule has 2 aromatic carbocycles. The largest absolute Gasteiger partial charge is 0.480 e. The van der Waals surface area contributed by atoms with Gasteiger partial charge in [0.15, 0.2) is 0 Å². The zero-order chi connectivity index (χ0) is 15.2. The van der Waals surface area contributed by atoms with Gasteiger partial charge < -0.3 is 10.4 Å². The molecule has 0 aromatic heterocycles. The lowest BCUT2D eigenvalue weighted by molar-refractivity contribution is -0.137. The van der Waals surface area contributed by atoms with Gasteiger partial charge in [0.1, 0.15) is 12.1 Å². The molecule has 4 nitrogen and oxygen atoms in total. The fraction of sp³-hybridized carbons (Fsp3) is 0.125. The highest BCUT2D eigenvalue weighted by Crippen LogP contribution is 2.21. The maximum absolute atomic E-state index is 11.4. The third kappa shape index (κ3) is 3.98. The molecule has 0 fully saturated rings. The Kier molecular flexibility index (Phi) is 4.81. The molecule has 1 atom stereocenters. The molecule has 0 saturated carbocycles. The Bertz CT molecular complexity index is 680. The quantitative estimate of drug-likeness (QED) is 0.888. The highest BCUT2D eigenvalue weighted by Gasteiger charge is 2.18. The molecule has 0 saturated heterocycles. The second kappa shape index (κ2) is 6.78. The summed E-state index contributed by atoms with van der Waals surface area (Å²) in [4.78, 5) is 11.4. The van der Waals surface area contributed by atoms with Crippen molar-refractivity contribution >= 4 is 23.3 Å². The van der Waals surface area contributed by atoms with Gasteiger partial charge >= 0.3 is 5.97 Å². The standard InChI is InChI=1S/C16H13ClN2O2/c17-14-9-13(7-6-12(14)10-18)19-15(16(20)21)8-11-4-2-1-3-5-11/h1-7,9,15,19H,8H2,(H,20,21)/t15-/m0/s1. The number of carbonyl (C=O) groups is 1. The Morgan fingerprint density at radius 2 is 2.00 bits per heavy atom. The van der Waals surface area contributed by atoms with Gasteiger partial charge in [-0.2, -0.15) is 5.26 Å². The molecule has 5 heteroatoms. The van der Waals surface area contributed by atoms with E-state index in [4.69, 9.17) is 16.9 Å². The Balaban J connectivity index is 2.15. The Labute approximate surface area is 127 Å². The van der Waals surface area contributed by atoms with Gasteiger partial charge in [-0.05, 0) is 23.8 Å². The smallest absolute Gasteiger partial charge is 0.326 e. The SMILES string of the molecule is N#Cc1ccc(N[C@@H](Cc2ccccc2)C(=O)O)cc1Cl. The van der Waals surface area contributed by atoms with E-state index in [2.05, 4.69) is 5.32 Å². The highest BCUT2D eigenvalue weighted by molar-refractivity contribution is 6.32. The second-order valence-corrected chi connectivity index (χ2v) is 4.94. The van der Waals surface area contributed by atoms with Gasteiger partial charge in [0.05, 0.1) is 10.6 Å². The summed E-state index contributed by atoms with van der Waals surface area (Å²) in [7, 11) is 0. The lowest BCUT2D eigenvalue weighted by atomic mass is 10.1. The summed E-state index contributed by atoms with van der Waals surface area (Å²) in [5.74, 6) is -0.945. The zero-order valence-corrected chi connectivity index (χ0v) is 11.8. The summed E-state index contributed by atoms with van der Waals surface area (Å²) in [6.07, 6.45) is 0.355. The number of nitrogens with one attached hydrogen (secondary N) is 1. The molecule has 2 rings (SSSR count). The van der Waals surface area contributed by atoms with Crippen LogP contribution < -0.4 is 5.32 Å². The summed E-state index contributed by atoms with van der Waals surface area (Å²) in [5.41, 5.74) is 1.86. The van der Waals surface area contributed by atoms with Gasteiger partial charge in [-0.3, -0.25) is 0 Å². The molecular formula is C16H13ClN2O2. The molecule has 0 spiro atoms. The summed E-state index contributed by atoms with van der Waals surface area (Å²) < 4.78 is 0. The average molecular weight is 301 g/mol. The van der Waals surface area contributed by atoms with E-state index in [9.17, 15) is 9.90 Å². The third-order valence-electron chi connectivity index (χ3n) is 3.01. The molecule has 2 aromatic rings. The van der Waals surface area contributed by atoms with E-state index >= 15 is 0 Å². The minimum absolute atomic E-state index is 0.298. The lowest BCUT2D eigenvalue weighted by Crippen LogP contribution is -2.31. The summed E-state index contributed by atoms with van der Waals surface area (Å²) in [6, 6.07) is 15.3. The van der Waals surface area contributed by atoms with Crippen LogP contribution in [0.25, 0.3) is 0 Å². The second-order valence-electron chi connectivity index (χ2n) is 4.53. The molecule has 0 aliphatic heterocycles. The predicted molar refractivity (Wildman–Crippen MR) is 81.4 cm³/mol. The maximum atomic E-state index is 11.4. The number of nitriles is 1. The van der Waals surface area contributed by atoms with Gasteiger partial charge in [0.2, 0.25) is 0 Å². The third-order valence-corrected chi connectivity index (χ3v) is 3.32. The van der Waals surface area contributed by atoms with Gasteiger partial charge in [-0.15, -0.1) is 0 Å². The van der Waals surface area contributed by atoms with Crippen LogP contribution in [0.5, 0.6) is 0 Å². The number of carboxylic acids is 1. The molecule has 0 radical (unpaired) electrons. The van der Waals surface area contributed by atoms with Crippen molar-refractivity contribution < 1.29 is 9.90 Å². The van der Waals surface area contributed by atoms with E-state index in [1.807, 2.05) is 36.4 Å². The summed E-state index contributed by atoms with van der Waals surface area (Å²) >= 11 is 5.94. The van der Waals surface area contributed by atoms with Crippen LogP contribution in [-0.4, -0.2) is 17.1 Å². The van der Waals surface area contributed by atoms with Crippen LogP contribution >= 0.6 is 11.6 Å². The van der Waals surface area contributed by atoms with Crippen molar-refractivity contribution in [2.75, 3.05) is 5.32 Å². The number of benzene rings is 2. The molecule has 0 heterocycles. The fourth-order valence-corrected chi connectivity index (χ4v) is 2.17. The van der Waals surface area contributed by atoms with Crippen molar-refractivity contribution in [1.29, 1.82) is 5.26 Å². The number of anilines is 1. The minimum atomic E-state index is -0.945. The molecule has 0 unspecified atom stereocenters. The number of halogens is 1. The van der Waals surface area contributed by atoms with Crippen molar-refractivity contribution in [3.8, 4) is 6.07 Å². The van der Waals surface area contributed by atoms with Crippen LogP contribution in [0.15, 0.2) is 48.5 Å². The number of aliphatic carboxylic acids is 1. The van der Waals surface area contributed by atoms with Crippen molar-refractivity contribution in [3.63, 3.8) is 0 Å². The first-order chi connectivity index (χ1) is 10.1. The normalized spacial score (nSPS) is 11.4. The summed E-state index contributed by atoms with van der Waals surface area (Å²) in [6.45, 7) is 0. The number of rotatable bonds is 5. The van der Waals surface area contributed by atoms with E-state index in [-0.39, 0.29) is 0 Å². The zero-order valence-electron chi connectivity index (χ0n) is 11.1. The van der Waals surface area contributed by atoms with Gasteiger partial charge in [0.25, 0.3) is 0 Å². The molecule has 21 heavy (non-hydrogen) atoms. The topological polar surface area (TPSA) is 73.1 Å². The van der Waals surface area contributed by atoms with Gasteiger partial charge in [-0.25, -0.2) is 4.79 Å². The Morgan fingerprint density at radius 3 is 2.57 bits per heavy atom. The molecule has 0 bridgehead atoms. The van der Waals surface area contributed by atoms with Gasteiger partial charge in [-0.1, -0.05) is 41.9 Å². The van der Waals surface area contributed by atoms with Crippen molar-refractivity contribution in [3.05, 3.63) is 64.7 Å². The van der Waals surface area contributed by atoms with E-state index in [1.54, 1.807) is 18.2 Å². The van der Waals surface area contributed by atoms with Crippen molar-refractivity contribution in [2.45, 2.75) is 12.5 Å². The van der Waals surface area contributed by atoms with E-state index in [1.165, 1.54) is 0 Å².